The normalized spacial score (nSPS) is 14.0. The van der Waals surface area contributed by atoms with Crippen molar-refractivity contribution in [2.75, 3.05) is 13.6 Å². The van der Waals surface area contributed by atoms with Crippen molar-refractivity contribution >= 4 is 23.4 Å². The number of benzene rings is 2. The number of nitrogens with zero attached hydrogens (tertiary/aromatic N) is 2. The van der Waals surface area contributed by atoms with Crippen molar-refractivity contribution in [3.63, 3.8) is 0 Å². The van der Waals surface area contributed by atoms with Crippen molar-refractivity contribution in [1.82, 2.24) is 9.80 Å². The Morgan fingerprint density at radius 2 is 1.96 bits per heavy atom. The highest BCUT2D eigenvalue weighted by molar-refractivity contribution is 6.31. The molecular formula is C20H20ClFN2O2. The molecule has 136 valence electrons. The molecule has 2 amide bonds. The summed E-state index contributed by atoms with van der Waals surface area (Å²) in [5.74, 6) is -0.470. The highest BCUT2D eigenvalue weighted by Crippen LogP contribution is 2.21. The third kappa shape index (κ3) is 4.05. The smallest absolute Gasteiger partial charge is 0.253 e. The Balaban J connectivity index is 1.66. The lowest BCUT2D eigenvalue weighted by molar-refractivity contribution is -0.128. The molecule has 3 rings (SSSR count). The number of halogens is 2. The molecule has 0 unspecified atom stereocenters. The van der Waals surface area contributed by atoms with Crippen molar-refractivity contribution in [2.24, 2.45) is 0 Å². The SMILES string of the molecule is CN(Cc1c(F)cccc1Cl)C(=O)c1ccc(CN2CCCC2=O)cc1. The van der Waals surface area contributed by atoms with E-state index >= 15 is 0 Å². The number of carbonyl (C=O) groups excluding carboxylic acids is 2. The first-order chi connectivity index (χ1) is 12.5. The van der Waals surface area contributed by atoms with Gasteiger partial charge in [-0.1, -0.05) is 29.8 Å². The van der Waals surface area contributed by atoms with E-state index < -0.39 is 5.82 Å². The summed E-state index contributed by atoms with van der Waals surface area (Å²) in [6.07, 6.45) is 1.51. The Morgan fingerprint density at radius 1 is 1.23 bits per heavy atom. The molecule has 0 bridgehead atoms. The zero-order valence-electron chi connectivity index (χ0n) is 14.5. The van der Waals surface area contributed by atoms with E-state index in [0.717, 1.165) is 18.5 Å². The van der Waals surface area contributed by atoms with Crippen LogP contribution in [0.5, 0.6) is 0 Å². The van der Waals surface area contributed by atoms with E-state index in [9.17, 15) is 14.0 Å². The van der Waals surface area contributed by atoms with Gasteiger partial charge in [0.1, 0.15) is 5.82 Å². The topological polar surface area (TPSA) is 40.6 Å². The zero-order valence-corrected chi connectivity index (χ0v) is 15.3. The van der Waals surface area contributed by atoms with Crippen molar-refractivity contribution in [1.29, 1.82) is 0 Å². The van der Waals surface area contributed by atoms with E-state index in [-0.39, 0.29) is 18.4 Å². The van der Waals surface area contributed by atoms with Crippen LogP contribution in [-0.4, -0.2) is 35.2 Å². The van der Waals surface area contributed by atoms with Crippen LogP contribution < -0.4 is 0 Å². The molecule has 0 radical (unpaired) electrons. The Kier molecular flexibility index (Phi) is 5.57. The fraction of sp³-hybridized carbons (Fsp3) is 0.300. The Labute approximate surface area is 157 Å². The van der Waals surface area contributed by atoms with Crippen LogP contribution in [0.3, 0.4) is 0 Å². The van der Waals surface area contributed by atoms with Gasteiger partial charge in [0.05, 0.1) is 0 Å². The van der Waals surface area contributed by atoms with E-state index in [2.05, 4.69) is 0 Å². The number of hydrogen-bond donors (Lipinski definition) is 0. The lowest BCUT2D eigenvalue weighted by Crippen LogP contribution is -2.27. The first-order valence-corrected chi connectivity index (χ1v) is 8.88. The molecule has 0 N–H and O–H groups in total. The molecule has 0 spiro atoms. The number of hydrogen-bond acceptors (Lipinski definition) is 2. The monoisotopic (exact) mass is 374 g/mol. The number of likely N-dealkylation sites (tertiary alicyclic amines) is 1. The number of rotatable bonds is 5. The van der Waals surface area contributed by atoms with E-state index in [0.29, 0.717) is 29.1 Å². The van der Waals surface area contributed by atoms with Gasteiger partial charge < -0.3 is 9.80 Å². The fourth-order valence-corrected chi connectivity index (χ4v) is 3.28. The van der Waals surface area contributed by atoms with E-state index in [1.165, 1.54) is 17.0 Å². The molecule has 6 heteroatoms. The highest BCUT2D eigenvalue weighted by Gasteiger charge is 2.20. The van der Waals surface area contributed by atoms with Crippen LogP contribution in [0.1, 0.15) is 34.3 Å². The molecule has 4 nitrogen and oxygen atoms in total. The second kappa shape index (κ2) is 7.87. The molecule has 1 aliphatic heterocycles. The molecule has 2 aromatic rings. The van der Waals surface area contributed by atoms with E-state index in [4.69, 9.17) is 11.6 Å². The molecule has 0 atom stereocenters. The predicted molar refractivity (Wildman–Crippen MR) is 98.3 cm³/mol. The van der Waals surface area contributed by atoms with Crippen LogP contribution in [0.15, 0.2) is 42.5 Å². The summed E-state index contributed by atoms with van der Waals surface area (Å²) >= 11 is 6.03. The summed E-state index contributed by atoms with van der Waals surface area (Å²) in [7, 11) is 1.61. The summed E-state index contributed by atoms with van der Waals surface area (Å²) in [5.41, 5.74) is 1.79. The standard InChI is InChI=1S/C20H20ClFN2O2/c1-23(13-16-17(21)4-2-5-18(16)22)20(26)15-9-7-14(8-10-15)12-24-11-3-6-19(24)25/h2,4-5,7-10H,3,6,11-13H2,1H3. The summed E-state index contributed by atoms with van der Waals surface area (Å²) in [6.45, 7) is 1.44. The summed E-state index contributed by atoms with van der Waals surface area (Å²) in [5, 5.41) is 0.301. The number of carbonyl (C=O) groups is 2. The van der Waals surface area contributed by atoms with Gasteiger partial charge in [-0.25, -0.2) is 4.39 Å². The van der Waals surface area contributed by atoms with Crippen molar-refractivity contribution in [3.05, 3.63) is 70.0 Å². The third-order valence-corrected chi connectivity index (χ3v) is 4.90. The number of amides is 2. The largest absolute Gasteiger partial charge is 0.338 e. The molecule has 1 heterocycles. The molecule has 26 heavy (non-hydrogen) atoms. The Hall–Kier alpha value is -2.40. The van der Waals surface area contributed by atoms with Gasteiger partial charge in [-0.3, -0.25) is 9.59 Å². The van der Waals surface area contributed by atoms with E-state index in [1.807, 2.05) is 17.0 Å². The van der Waals surface area contributed by atoms with Gasteiger partial charge in [0, 0.05) is 49.3 Å². The Morgan fingerprint density at radius 3 is 2.58 bits per heavy atom. The molecule has 0 saturated carbocycles. The summed E-state index contributed by atoms with van der Waals surface area (Å²) in [4.78, 5) is 27.5. The first-order valence-electron chi connectivity index (χ1n) is 8.51. The molecule has 2 aromatic carbocycles. The lowest BCUT2D eigenvalue weighted by atomic mass is 10.1. The maximum atomic E-state index is 13.9. The summed E-state index contributed by atoms with van der Waals surface area (Å²) < 4.78 is 13.9. The minimum atomic E-state index is -0.428. The molecule has 0 aromatic heterocycles. The molecule has 1 saturated heterocycles. The third-order valence-electron chi connectivity index (χ3n) is 4.55. The van der Waals surface area contributed by atoms with Gasteiger partial charge in [0.25, 0.3) is 5.91 Å². The maximum absolute atomic E-state index is 13.9. The molecular weight excluding hydrogens is 355 g/mol. The average Bonchev–Trinajstić information content (AvgIpc) is 3.03. The second-order valence-electron chi connectivity index (χ2n) is 6.48. The van der Waals surface area contributed by atoms with Gasteiger partial charge in [0.2, 0.25) is 5.91 Å². The van der Waals surface area contributed by atoms with Crippen LogP contribution in [0.2, 0.25) is 5.02 Å². The van der Waals surface area contributed by atoms with Gasteiger partial charge in [-0.05, 0) is 36.2 Å². The maximum Gasteiger partial charge on any atom is 0.253 e. The average molecular weight is 375 g/mol. The van der Waals surface area contributed by atoms with Crippen LogP contribution in [-0.2, 0) is 17.9 Å². The van der Waals surface area contributed by atoms with Gasteiger partial charge in [0.15, 0.2) is 0 Å². The van der Waals surface area contributed by atoms with Gasteiger partial charge >= 0.3 is 0 Å². The quantitative estimate of drug-likeness (QED) is 0.797. The van der Waals surface area contributed by atoms with Crippen LogP contribution in [0.25, 0.3) is 0 Å². The first kappa shape index (κ1) is 18.4. The Bertz CT molecular complexity index is 803. The minimum Gasteiger partial charge on any atom is -0.338 e. The molecule has 1 aliphatic rings. The summed E-state index contributed by atoms with van der Waals surface area (Å²) in [6, 6.07) is 11.6. The van der Waals surface area contributed by atoms with Crippen molar-refractivity contribution in [3.8, 4) is 0 Å². The van der Waals surface area contributed by atoms with Crippen LogP contribution in [0.4, 0.5) is 4.39 Å². The predicted octanol–water partition coefficient (Wildman–Crippen LogP) is 3.87. The van der Waals surface area contributed by atoms with Crippen molar-refractivity contribution < 1.29 is 14.0 Å². The lowest BCUT2D eigenvalue weighted by Gasteiger charge is -2.19. The van der Waals surface area contributed by atoms with Crippen LogP contribution in [0, 0.1) is 5.82 Å². The van der Waals surface area contributed by atoms with Crippen molar-refractivity contribution in [2.45, 2.75) is 25.9 Å². The molecule has 0 aliphatic carbocycles. The molecule has 1 fully saturated rings. The van der Waals surface area contributed by atoms with Crippen LogP contribution >= 0.6 is 11.6 Å². The van der Waals surface area contributed by atoms with Gasteiger partial charge in [-0.2, -0.15) is 0 Å². The zero-order chi connectivity index (χ0) is 18.7. The highest BCUT2D eigenvalue weighted by atomic mass is 35.5. The second-order valence-corrected chi connectivity index (χ2v) is 6.88. The fourth-order valence-electron chi connectivity index (χ4n) is 3.06. The van der Waals surface area contributed by atoms with E-state index in [1.54, 1.807) is 25.2 Å². The van der Waals surface area contributed by atoms with Gasteiger partial charge in [-0.15, -0.1) is 0 Å². The minimum absolute atomic E-state index is 0.0916.